The molecule has 252 valence electrons. The van der Waals surface area contributed by atoms with Gasteiger partial charge in [0, 0.05) is 26.6 Å². The summed E-state index contributed by atoms with van der Waals surface area (Å²) in [5.74, 6) is 2.52. The molecule has 0 bridgehead atoms. The molecule has 46 heavy (non-hydrogen) atoms. The average Bonchev–Trinajstić information content (AvgIpc) is 3.39. The number of hydrogen-bond acceptors (Lipinski definition) is 3. The lowest BCUT2D eigenvalue weighted by molar-refractivity contribution is -0.225. The minimum Gasteiger partial charge on any atom is -0.478 e. The standard InChI is InChI=1S/C41H60N2O3/c1-26(2)29-15-21-41(25-43-24-18-34(44)42-8)23-22-39(6)31(35(29)41)13-14-33-38(5)19-16-30(27-9-11-28(12-10-27)36(45)46)37(3,4)32(38)17-20-40(33,39)7/h9-12,16,29,31-33,35,43H,1,13-15,17-25H2,2-8H3,(H,42,44)(H,45,46)/t29-,31?,32-,33+,35+,38-,39+,40+,41+/m0/s1. The number of rotatable bonds is 8. The van der Waals surface area contributed by atoms with Crippen LogP contribution in [0.4, 0.5) is 0 Å². The third kappa shape index (κ3) is 4.88. The molecular weight excluding hydrogens is 568 g/mol. The molecule has 6 rings (SSSR count). The molecule has 0 heterocycles. The first-order valence-corrected chi connectivity index (χ1v) is 18.3. The van der Waals surface area contributed by atoms with Crippen LogP contribution in [-0.4, -0.2) is 37.1 Å². The Bertz CT molecular complexity index is 1410. The number of carbonyl (C=O) groups is 2. The van der Waals surface area contributed by atoms with Crippen molar-refractivity contribution in [2.24, 2.45) is 56.7 Å². The Morgan fingerprint density at radius 1 is 0.913 bits per heavy atom. The molecule has 0 saturated heterocycles. The number of aromatic carboxylic acids is 1. The zero-order valence-electron chi connectivity index (χ0n) is 29.7. The van der Waals surface area contributed by atoms with Crippen molar-refractivity contribution in [3.8, 4) is 0 Å². The lowest BCUT2D eigenvalue weighted by atomic mass is 9.32. The Kier molecular flexibility index (Phi) is 8.47. The monoisotopic (exact) mass is 628 g/mol. The average molecular weight is 629 g/mol. The predicted octanol–water partition coefficient (Wildman–Crippen LogP) is 8.76. The highest BCUT2D eigenvalue weighted by atomic mass is 16.4. The maximum atomic E-state index is 11.9. The van der Waals surface area contributed by atoms with Gasteiger partial charge in [-0.1, -0.05) is 65.0 Å². The van der Waals surface area contributed by atoms with Crippen LogP contribution in [-0.2, 0) is 4.79 Å². The molecule has 1 unspecified atom stereocenters. The van der Waals surface area contributed by atoms with Gasteiger partial charge < -0.3 is 15.7 Å². The highest BCUT2D eigenvalue weighted by Crippen LogP contribution is 2.77. The molecule has 5 aliphatic carbocycles. The number of allylic oxidation sites excluding steroid dienone is 3. The number of fused-ring (bicyclic) bond motifs is 7. The Hall–Kier alpha value is -2.40. The van der Waals surface area contributed by atoms with E-state index < -0.39 is 5.97 Å². The van der Waals surface area contributed by atoms with Crippen molar-refractivity contribution in [3.63, 3.8) is 0 Å². The number of benzene rings is 1. The Balaban J connectivity index is 1.30. The summed E-state index contributed by atoms with van der Waals surface area (Å²) in [5, 5.41) is 16.0. The van der Waals surface area contributed by atoms with E-state index in [1.807, 2.05) is 12.1 Å². The molecule has 3 N–H and O–H groups in total. The largest absolute Gasteiger partial charge is 0.478 e. The fourth-order valence-electron chi connectivity index (χ4n) is 13.1. The van der Waals surface area contributed by atoms with E-state index in [1.54, 1.807) is 19.2 Å². The number of nitrogens with one attached hydrogen (secondary N) is 2. The van der Waals surface area contributed by atoms with Gasteiger partial charge in [-0.3, -0.25) is 4.79 Å². The zero-order chi connectivity index (χ0) is 33.3. The fourth-order valence-corrected chi connectivity index (χ4v) is 13.1. The smallest absolute Gasteiger partial charge is 0.335 e. The molecule has 9 atom stereocenters. The summed E-state index contributed by atoms with van der Waals surface area (Å²) in [6.07, 6.45) is 14.5. The second-order valence-corrected chi connectivity index (χ2v) is 17.6. The summed E-state index contributed by atoms with van der Waals surface area (Å²) >= 11 is 0. The van der Waals surface area contributed by atoms with Gasteiger partial charge in [0.05, 0.1) is 5.56 Å². The third-order valence-electron chi connectivity index (χ3n) is 15.5. The van der Waals surface area contributed by atoms with Crippen molar-refractivity contribution in [2.75, 3.05) is 20.1 Å². The fraction of sp³-hybridized carbons (Fsp3) is 0.707. The van der Waals surface area contributed by atoms with Crippen molar-refractivity contribution < 1.29 is 14.7 Å². The highest BCUT2D eigenvalue weighted by Gasteiger charge is 2.70. The summed E-state index contributed by atoms with van der Waals surface area (Å²) in [4.78, 5) is 23.5. The molecule has 0 radical (unpaired) electrons. The van der Waals surface area contributed by atoms with Crippen LogP contribution in [0.15, 0.2) is 42.5 Å². The third-order valence-corrected chi connectivity index (χ3v) is 15.5. The number of hydrogen-bond donors (Lipinski definition) is 3. The van der Waals surface area contributed by atoms with Crippen LogP contribution in [0.3, 0.4) is 0 Å². The van der Waals surface area contributed by atoms with E-state index in [1.165, 1.54) is 68.1 Å². The Morgan fingerprint density at radius 2 is 1.63 bits per heavy atom. The summed E-state index contributed by atoms with van der Waals surface area (Å²) in [6.45, 7) is 21.6. The molecule has 4 fully saturated rings. The van der Waals surface area contributed by atoms with Gasteiger partial charge in [0.25, 0.3) is 0 Å². The topological polar surface area (TPSA) is 78.4 Å². The minimum absolute atomic E-state index is 0.0232. The molecule has 0 spiro atoms. The lowest BCUT2D eigenvalue weighted by Gasteiger charge is -2.72. The second kappa shape index (κ2) is 11.6. The van der Waals surface area contributed by atoms with E-state index in [4.69, 9.17) is 0 Å². The van der Waals surface area contributed by atoms with Crippen LogP contribution >= 0.6 is 0 Å². The van der Waals surface area contributed by atoms with Gasteiger partial charge in [0.1, 0.15) is 0 Å². The SMILES string of the molecule is C=C(C)[C@@H]1CC[C@]2(CNCCC(=O)NC)CC[C@]3(C)C(CC[C@@H]4[C@@]5(C)CC=C(c6ccc(C(=O)O)cc6)C(C)(C)[C@@H]5CC[C@]43C)[C@@H]12. The first-order valence-electron chi connectivity index (χ1n) is 18.3. The number of amides is 1. The van der Waals surface area contributed by atoms with Gasteiger partial charge in [-0.05, 0) is 145 Å². The molecule has 1 aromatic rings. The van der Waals surface area contributed by atoms with Crippen molar-refractivity contribution in [2.45, 2.75) is 106 Å². The van der Waals surface area contributed by atoms with Crippen LogP contribution in [0.5, 0.6) is 0 Å². The number of carboxylic acids is 1. The predicted molar refractivity (Wildman–Crippen MR) is 187 cm³/mol. The van der Waals surface area contributed by atoms with Crippen molar-refractivity contribution in [1.82, 2.24) is 10.6 Å². The normalized spacial score (nSPS) is 40.8. The van der Waals surface area contributed by atoms with Crippen LogP contribution in [0.2, 0.25) is 0 Å². The molecule has 1 aromatic carbocycles. The summed E-state index contributed by atoms with van der Waals surface area (Å²) in [7, 11) is 1.73. The maximum Gasteiger partial charge on any atom is 0.335 e. The lowest BCUT2D eigenvalue weighted by Crippen LogP contribution is -2.65. The molecule has 1 amide bonds. The van der Waals surface area contributed by atoms with E-state index in [-0.39, 0.29) is 16.7 Å². The van der Waals surface area contributed by atoms with Gasteiger partial charge in [0.2, 0.25) is 5.91 Å². The van der Waals surface area contributed by atoms with Crippen LogP contribution in [0.25, 0.3) is 5.57 Å². The molecule has 5 nitrogen and oxygen atoms in total. The Morgan fingerprint density at radius 3 is 2.28 bits per heavy atom. The summed E-state index contributed by atoms with van der Waals surface area (Å²) in [6, 6.07) is 7.59. The quantitative estimate of drug-likeness (QED) is 0.199. The molecule has 4 saturated carbocycles. The molecule has 0 aromatic heterocycles. The van der Waals surface area contributed by atoms with Crippen molar-refractivity contribution in [1.29, 1.82) is 0 Å². The number of carbonyl (C=O) groups excluding carboxylic acids is 1. The summed E-state index contributed by atoms with van der Waals surface area (Å²) in [5.41, 5.74) is 5.50. The first-order chi connectivity index (χ1) is 21.6. The van der Waals surface area contributed by atoms with E-state index in [2.05, 4.69) is 64.8 Å². The van der Waals surface area contributed by atoms with E-state index in [0.29, 0.717) is 57.8 Å². The molecular formula is C41H60N2O3. The van der Waals surface area contributed by atoms with E-state index >= 15 is 0 Å². The van der Waals surface area contributed by atoms with Crippen LogP contribution in [0, 0.1) is 56.7 Å². The Labute approximate surface area is 278 Å². The molecule has 5 aliphatic rings. The maximum absolute atomic E-state index is 11.9. The van der Waals surface area contributed by atoms with Crippen LogP contribution < -0.4 is 10.6 Å². The van der Waals surface area contributed by atoms with Crippen molar-refractivity contribution >= 4 is 17.4 Å². The zero-order valence-corrected chi connectivity index (χ0v) is 29.7. The number of carboxylic acid groups (broad SMARTS) is 1. The molecule has 5 heteroatoms. The second-order valence-electron chi connectivity index (χ2n) is 17.6. The van der Waals surface area contributed by atoms with E-state index in [9.17, 15) is 14.7 Å². The first kappa shape index (κ1) is 33.5. The van der Waals surface area contributed by atoms with Crippen LogP contribution in [0.1, 0.15) is 122 Å². The summed E-state index contributed by atoms with van der Waals surface area (Å²) < 4.78 is 0. The highest BCUT2D eigenvalue weighted by molar-refractivity contribution is 5.88. The minimum atomic E-state index is -0.865. The van der Waals surface area contributed by atoms with E-state index in [0.717, 1.165) is 19.5 Å². The van der Waals surface area contributed by atoms with Gasteiger partial charge in [0.15, 0.2) is 0 Å². The van der Waals surface area contributed by atoms with Gasteiger partial charge in [-0.15, -0.1) is 0 Å². The van der Waals surface area contributed by atoms with Gasteiger partial charge >= 0.3 is 5.97 Å². The molecule has 0 aliphatic heterocycles. The van der Waals surface area contributed by atoms with Gasteiger partial charge in [-0.2, -0.15) is 0 Å². The van der Waals surface area contributed by atoms with Gasteiger partial charge in [-0.25, -0.2) is 4.79 Å². The van der Waals surface area contributed by atoms with Crippen molar-refractivity contribution in [3.05, 3.63) is 53.6 Å².